The second-order valence-corrected chi connectivity index (χ2v) is 7.27. The van der Waals surface area contributed by atoms with Gasteiger partial charge in [-0.3, -0.25) is 9.59 Å². The van der Waals surface area contributed by atoms with Crippen molar-refractivity contribution in [2.24, 2.45) is 0 Å². The highest BCUT2D eigenvalue weighted by atomic mass is 35.5. The summed E-state index contributed by atoms with van der Waals surface area (Å²) >= 11 is 12.1. The molecule has 0 radical (unpaired) electrons. The standard InChI is InChI=1S/C19H21Cl2N3O3/c20-13-3-4-14(15(21)11-13)16-12-23-18(27-16)6-5-17(25)22-8-7-19(26)24-9-1-2-10-24/h3-4,11-12H,1-2,5-10H2,(H,22,25). The normalized spacial score (nSPS) is 13.8. The van der Waals surface area contributed by atoms with Gasteiger partial charge in [0.1, 0.15) is 0 Å². The van der Waals surface area contributed by atoms with Crippen molar-refractivity contribution in [3.63, 3.8) is 0 Å². The van der Waals surface area contributed by atoms with Crippen molar-refractivity contribution < 1.29 is 14.0 Å². The predicted octanol–water partition coefficient (Wildman–Crippen LogP) is 3.71. The molecule has 1 aliphatic heterocycles. The first-order chi connectivity index (χ1) is 13.0. The largest absolute Gasteiger partial charge is 0.441 e. The van der Waals surface area contributed by atoms with Gasteiger partial charge in [-0.15, -0.1) is 0 Å². The number of carbonyl (C=O) groups is 2. The van der Waals surface area contributed by atoms with Crippen LogP contribution in [0.5, 0.6) is 0 Å². The molecule has 3 rings (SSSR count). The number of rotatable bonds is 7. The first-order valence-corrected chi connectivity index (χ1v) is 9.73. The van der Waals surface area contributed by atoms with Gasteiger partial charge in [0.15, 0.2) is 11.7 Å². The number of oxazole rings is 1. The van der Waals surface area contributed by atoms with Crippen molar-refractivity contribution in [1.29, 1.82) is 0 Å². The van der Waals surface area contributed by atoms with Gasteiger partial charge >= 0.3 is 0 Å². The van der Waals surface area contributed by atoms with Gasteiger partial charge in [-0.1, -0.05) is 23.2 Å². The Kier molecular flexibility index (Phi) is 6.74. The minimum atomic E-state index is -0.131. The summed E-state index contributed by atoms with van der Waals surface area (Å²) in [4.78, 5) is 29.9. The SMILES string of the molecule is O=C(CCc1ncc(-c2ccc(Cl)cc2Cl)o1)NCCC(=O)N1CCCC1. The summed E-state index contributed by atoms with van der Waals surface area (Å²) in [6.45, 7) is 2.01. The van der Waals surface area contributed by atoms with Crippen LogP contribution in [0.1, 0.15) is 31.6 Å². The number of nitrogens with zero attached hydrogens (tertiary/aromatic N) is 2. The van der Waals surface area contributed by atoms with E-state index in [-0.39, 0.29) is 18.2 Å². The molecule has 0 saturated carbocycles. The highest BCUT2D eigenvalue weighted by Crippen LogP contribution is 2.30. The van der Waals surface area contributed by atoms with E-state index in [1.807, 2.05) is 4.90 Å². The maximum Gasteiger partial charge on any atom is 0.224 e. The van der Waals surface area contributed by atoms with E-state index in [9.17, 15) is 9.59 Å². The number of benzene rings is 1. The maximum atomic E-state index is 11.9. The molecule has 0 spiro atoms. The highest BCUT2D eigenvalue weighted by molar-refractivity contribution is 6.36. The van der Waals surface area contributed by atoms with E-state index in [1.54, 1.807) is 24.4 Å². The minimum absolute atomic E-state index is 0.102. The fourth-order valence-corrected chi connectivity index (χ4v) is 3.48. The van der Waals surface area contributed by atoms with Crippen molar-refractivity contribution in [1.82, 2.24) is 15.2 Å². The molecule has 2 amide bonds. The summed E-state index contributed by atoms with van der Waals surface area (Å²) in [5.74, 6) is 0.959. The summed E-state index contributed by atoms with van der Waals surface area (Å²) in [6, 6.07) is 5.12. The summed E-state index contributed by atoms with van der Waals surface area (Å²) in [6.07, 6.45) is 4.67. The Bertz CT molecular complexity index is 816. The Labute approximate surface area is 167 Å². The molecule has 27 heavy (non-hydrogen) atoms. The monoisotopic (exact) mass is 409 g/mol. The second-order valence-electron chi connectivity index (χ2n) is 6.43. The molecule has 8 heteroatoms. The Morgan fingerprint density at radius 1 is 1.19 bits per heavy atom. The first kappa shape index (κ1) is 19.7. The lowest BCUT2D eigenvalue weighted by Crippen LogP contribution is -2.32. The smallest absolute Gasteiger partial charge is 0.224 e. The number of amides is 2. The molecule has 144 valence electrons. The maximum absolute atomic E-state index is 11.9. The van der Waals surface area contributed by atoms with Gasteiger partial charge in [0, 0.05) is 49.5 Å². The Morgan fingerprint density at radius 2 is 1.96 bits per heavy atom. The Hall–Kier alpha value is -2.05. The van der Waals surface area contributed by atoms with Gasteiger partial charge in [-0.05, 0) is 31.0 Å². The Balaban J connectivity index is 1.42. The number of aryl methyl sites for hydroxylation is 1. The summed E-state index contributed by atoms with van der Waals surface area (Å²) in [7, 11) is 0. The van der Waals surface area contributed by atoms with Gasteiger partial charge in [0.2, 0.25) is 11.8 Å². The van der Waals surface area contributed by atoms with E-state index >= 15 is 0 Å². The van der Waals surface area contributed by atoms with Gasteiger partial charge in [0.25, 0.3) is 0 Å². The number of hydrogen-bond acceptors (Lipinski definition) is 4. The van der Waals surface area contributed by atoms with E-state index in [0.29, 0.717) is 46.6 Å². The lowest BCUT2D eigenvalue weighted by molar-refractivity contribution is -0.130. The van der Waals surface area contributed by atoms with Crippen molar-refractivity contribution in [2.75, 3.05) is 19.6 Å². The van der Waals surface area contributed by atoms with Crippen molar-refractivity contribution in [3.05, 3.63) is 40.3 Å². The molecule has 0 bridgehead atoms. The zero-order chi connectivity index (χ0) is 19.2. The number of hydrogen-bond donors (Lipinski definition) is 1. The van der Waals surface area contributed by atoms with E-state index in [0.717, 1.165) is 25.9 Å². The fraction of sp³-hybridized carbons (Fsp3) is 0.421. The minimum Gasteiger partial charge on any atom is -0.441 e. The summed E-state index contributed by atoms with van der Waals surface area (Å²) < 4.78 is 5.67. The molecular weight excluding hydrogens is 389 g/mol. The van der Waals surface area contributed by atoms with Crippen molar-refractivity contribution in [3.8, 4) is 11.3 Å². The number of aromatic nitrogens is 1. The van der Waals surface area contributed by atoms with Crippen LogP contribution in [0.15, 0.2) is 28.8 Å². The number of likely N-dealkylation sites (tertiary alicyclic amines) is 1. The van der Waals surface area contributed by atoms with Crippen molar-refractivity contribution in [2.45, 2.75) is 32.1 Å². The molecule has 0 aliphatic carbocycles. The lowest BCUT2D eigenvalue weighted by atomic mass is 10.2. The highest BCUT2D eigenvalue weighted by Gasteiger charge is 2.17. The van der Waals surface area contributed by atoms with Gasteiger partial charge < -0.3 is 14.6 Å². The van der Waals surface area contributed by atoms with Crippen LogP contribution >= 0.6 is 23.2 Å². The molecular formula is C19H21Cl2N3O3. The van der Waals surface area contributed by atoms with Gasteiger partial charge in [-0.25, -0.2) is 4.98 Å². The summed E-state index contributed by atoms with van der Waals surface area (Å²) in [5.41, 5.74) is 0.699. The number of carbonyl (C=O) groups excluding carboxylic acids is 2. The van der Waals surface area contributed by atoms with Crippen LogP contribution < -0.4 is 5.32 Å². The van der Waals surface area contributed by atoms with E-state index in [1.165, 1.54) is 0 Å². The zero-order valence-corrected chi connectivity index (χ0v) is 16.4. The first-order valence-electron chi connectivity index (χ1n) is 8.97. The van der Waals surface area contributed by atoms with E-state index in [2.05, 4.69) is 10.3 Å². The molecule has 2 aromatic rings. The molecule has 0 unspecified atom stereocenters. The predicted molar refractivity (Wildman–Crippen MR) is 104 cm³/mol. The average molecular weight is 410 g/mol. The quantitative estimate of drug-likeness (QED) is 0.755. The van der Waals surface area contributed by atoms with Crippen LogP contribution in [0.3, 0.4) is 0 Å². The molecule has 1 saturated heterocycles. The molecule has 1 N–H and O–H groups in total. The second kappa shape index (κ2) is 9.24. The fourth-order valence-electron chi connectivity index (χ4n) is 2.98. The molecule has 2 heterocycles. The van der Waals surface area contributed by atoms with Crippen LogP contribution in [0, 0.1) is 0 Å². The van der Waals surface area contributed by atoms with Gasteiger partial charge in [0.05, 0.1) is 11.2 Å². The summed E-state index contributed by atoms with van der Waals surface area (Å²) in [5, 5.41) is 3.79. The molecule has 1 fully saturated rings. The third kappa shape index (κ3) is 5.47. The van der Waals surface area contributed by atoms with E-state index < -0.39 is 0 Å². The lowest BCUT2D eigenvalue weighted by Gasteiger charge is -2.15. The molecule has 1 aromatic heterocycles. The zero-order valence-electron chi connectivity index (χ0n) is 14.8. The Morgan fingerprint density at radius 3 is 2.70 bits per heavy atom. The third-order valence-corrected chi connectivity index (χ3v) is 4.98. The third-order valence-electron chi connectivity index (χ3n) is 4.44. The van der Waals surface area contributed by atoms with E-state index in [4.69, 9.17) is 27.6 Å². The molecule has 1 aromatic carbocycles. The number of halogens is 2. The van der Waals surface area contributed by atoms with Crippen LogP contribution in [0.2, 0.25) is 10.0 Å². The van der Waals surface area contributed by atoms with Crippen LogP contribution in [0.25, 0.3) is 11.3 Å². The van der Waals surface area contributed by atoms with Crippen LogP contribution in [-0.2, 0) is 16.0 Å². The average Bonchev–Trinajstić information content (AvgIpc) is 3.32. The molecule has 0 atom stereocenters. The molecule has 6 nitrogen and oxygen atoms in total. The number of nitrogens with one attached hydrogen (secondary N) is 1. The van der Waals surface area contributed by atoms with Gasteiger partial charge in [-0.2, -0.15) is 0 Å². The van der Waals surface area contributed by atoms with Crippen LogP contribution in [-0.4, -0.2) is 41.3 Å². The van der Waals surface area contributed by atoms with Crippen LogP contribution in [0.4, 0.5) is 0 Å². The molecule has 1 aliphatic rings. The van der Waals surface area contributed by atoms with Crippen molar-refractivity contribution >= 4 is 35.0 Å². The topological polar surface area (TPSA) is 75.4 Å².